The molecule has 3 aromatic rings. The molecular formula is C14H12FN5O. The van der Waals surface area contributed by atoms with Gasteiger partial charge >= 0.3 is 0 Å². The molecule has 0 radical (unpaired) electrons. The van der Waals surface area contributed by atoms with Gasteiger partial charge in [0.1, 0.15) is 5.82 Å². The third-order valence-corrected chi connectivity index (χ3v) is 2.94. The maximum Gasteiger partial charge on any atom is 0.295 e. The second kappa shape index (κ2) is 4.93. The number of aryl methyl sites for hydroxylation is 2. The van der Waals surface area contributed by atoms with Crippen LogP contribution in [0.2, 0.25) is 0 Å². The monoisotopic (exact) mass is 285 g/mol. The normalized spacial score (nSPS) is 10.8. The highest BCUT2D eigenvalue weighted by Gasteiger charge is 2.16. The number of carbonyl (C=O) groups excluding carboxylic acids is 1. The molecule has 2 heterocycles. The van der Waals surface area contributed by atoms with Crippen molar-refractivity contribution in [3.63, 3.8) is 0 Å². The number of benzene rings is 1. The van der Waals surface area contributed by atoms with E-state index in [0.717, 1.165) is 11.4 Å². The maximum atomic E-state index is 13.5. The number of halogens is 1. The lowest BCUT2D eigenvalue weighted by molar-refractivity contribution is 0.101. The smallest absolute Gasteiger partial charge is 0.295 e. The fraction of sp³-hybridized carbons (Fsp3) is 0.143. The number of para-hydroxylation sites is 1. The number of hydrogen-bond acceptors (Lipinski definition) is 4. The largest absolute Gasteiger partial charge is 0.317 e. The Labute approximate surface area is 119 Å². The number of aromatic nitrogens is 4. The molecule has 0 unspecified atom stereocenters. The fourth-order valence-corrected chi connectivity index (χ4v) is 2.00. The summed E-state index contributed by atoms with van der Waals surface area (Å²) in [6.45, 7) is 3.68. The van der Waals surface area contributed by atoms with Crippen molar-refractivity contribution in [3.8, 4) is 0 Å². The van der Waals surface area contributed by atoms with Crippen LogP contribution < -0.4 is 5.32 Å². The molecule has 0 bridgehead atoms. The van der Waals surface area contributed by atoms with E-state index in [4.69, 9.17) is 0 Å². The standard InChI is InChI=1S/C14H12FN5O/c1-8-7-9(2)20-14(16-8)18-12(19-20)13(21)17-11-6-4-3-5-10(11)15/h3-7H,1-2H3,(H,17,21). The van der Waals surface area contributed by atoms with Gasteiger partial charge in [-0.25, -0.2) is 13.9 Å². The summed E-state index contributed by atoms with van der Waals surface area (Å²) in [5.41, 5.74) is 1.69. The molecule has 3 rings (SSSR count). The summed E-state index contributed by atoms with van der Waals surface area (Å²) in [6.07, 6.45) is 0. The fourth-order valence-electron chi connectivity index (χ4n) is 2.00. The topological polar surface area (TPSA) is 72.2 Å². The summed E-state index contributed by atoms with van der Waals surface area (Å²) < 4.78 is 15.0. The lowest BCUT2D eigenvalue weighted by Gasteiger charge is -2.02. The Morgan fingerprint density at radius 3 is 2.76 bits per heavy atom. The van der Waals surface area contributed by atoms with Gasteiger partial charge in [-0.3, -0.25) is 4.79 Å². The van der Waals surface area contributed by atoms with Gasteiger partial charge in [-0.05, 0) is 32.0 Å². The second-order valence-electron chi connectivity index (χ2n) is 4.62. The Bertz CT molecular complexity index is 842. The number of rotatable bonds is 2. The highest BCUT2D eigenvalue weighted by molar-refractivity contribution is 6.01. The Morgan fingerprint density at radius 1 is 1.24 bits per heavy atom. The van der Waals surface area contributed by atoms with Crippen molar-refractivity contribution >= 4 is 17.4 Å². The number of anilines is 1. The van der Waals surface area contributed by atoms with Crippen molar-refractivity contribution in [1.82, 2.24) is 19.6 Å². The Hall–Kier alpha value is -2.83. The van der Waals surface area contributed by atoms with Gasteiger partial charge in [-0.2, -0.15) is 4.98 Å². The predicted octanol–water partition coefficient (Wildman–Crippen LogP) is 2.13. The molecule has 0 aliphatic heterocycles. The molecule has 0 aliphatic rings. The van der Waals surface area contributed by atoms with Crippen LogP contribution in [0.1, 0.15) is 22.0 Å². The molecule has 0 saturated carbocycles. The average Bonchev–Trinajstić information content (AvgIpc) is 2.85. The molecular weight excluding hydrogens is 273 g/mol. The van der Waals surface area contributed by atoms with Crippen molar-refractivity contribution in [1.29, 1.82) is 0 Å². The van der Waals surface area contributed by atoms with E-state index in [1.54, 1.807) is 12.1 Å². The summed E-state index contributed by atoms with van der Waals surface area (Å²) in [6, 6.07) is 7.74. The van der Waals surface area contributed by atoms with Gasteiger partial charge in [-0.15, -0.1) is 5.10 Å². The molecule has 0 atom stereocenters. The van der Waals surface area contributed by atoms with Crippen molar-refractivity contribution in [2.24, 2.45) is 0 Å². The van der Waals surface area contributed by atoms with Crippen LogP contribution in [0, 0.1) is 19.7 Å². The van der Waals surface area contributed by atoms with E-state index >= 15 is 0 Å². The van der Waals surface area contributed by atoms with Crippen molar-refractivity contribution in [2.75, 3.05) is 5.32 Å². The molecule has 2 aromatic heterocycles. The molecule has 1 aromatic carbocycles. The van der Waals surface area contributed by atoms with Gasteiger partial charge in [0.05, 0.1) is 5.69 Å². The van der Waals surface area contributed by atoms with Crippen LogP contribution in [0.25, 0.3) is 5.78 Å². The second-order valence-corrected chi connectivity index (χ2v) is 4.62. The van der Waals surface area contributed by atoms with E-state index in [1.165, 1.54) is 16.6 Å². The van der Waals surface area contributed by atoms with Gasteiger partial charge in [0.25, 0.3) is 11.7 Å². The first-order chi connectivity index (χ1) is 10.0. The van der Waals surface area contributed by atoms with Crippen LogP contribution in [0.15, 0.2) is 30.3 Å². The summed E-state index contributed by atoms with van der Waals surface area (Å²) in [7, 11) is 0. The lowest BCUT2D eigenvalue weighted by Crippen LogP contribution is -2.15. The number of fused-ring (bicyclic) bond motifs is 1. The van der Waals surface area contributed by atoms with Crippen LogP contribution in [-0.2, 0) is 0 Å². The Kier molecular flexibility index (Phi) is 3.09. The molecule has 106 valence electrons. The summed E-state index contributed by atoms with van der Waals surface area (Å²) in [4.78, 5) is 20.4. The first kappa shape index (κ1) is 13.2. The zero-order valence-electron chi connectivity index (χ0n) is 11.5. The van der Waals surface area contributed by atoms with Gasteiger partial charge in [0.15, 0.2) is 0 Å². The van der Waals surface area contributed by atoms with E-state index < -0.39 is 11.7 Å². The summed E-state index contributed by atoms with van der Waals surface area (Å²) in [5, 5.41) is 6.53. The highest BCUT2D eigenvalue weighted by Crippen LogP contribution is 2.13. The van der Waals surface area contributed by atoms with Crippen LogP contribution in [0.4, 0.5) is 10.1 Å². The Morgan fingerprint density at radius 2 is 2.00 bits per heavy atom. The number of nitrogens with zero attached hydrogens (tertiary/aromatic N) is 4. The average molecular weight is 285 g/mol. The minimum atomic E-state index is -0.581. The van der Waals surface area contributed by atoms with Crippen molar-refractivity contribution < 1.29 is 9.18 Å². The minimum Gasteiger partial charge on any atom is -0.317 e. The number of nitrogens with one attached hydrogen (secondary N) is 1. The van der Waals surface area contributed by atoms with Crippen molar-refractivity contribution in [2.45, 2.75) is 13.8 Å². The molecule has 1 N–H and O–H groups in total. The zero-order chi connectivity index (χ0) is 15.0. The van der Waals surface area contributed by atoms with Crippen LogP contribution >= 0.6 is 0 Å². The third-order valence-electron chi connectivity index (χ3n) is 2.94. The highest BCUT2D eigenvalue weighted by atomic mass is 19.1. The van der Waals surface area contributed by atoms with E-state index in [0.29, 0.717) is 5.78 Å². The van der Waals surface area contributed by atoms with E-state index in [1.807, 2.05) is 19.9 Å². The lowest BCUT2D eigenvalue weighted by atomic mass is 10.3. The van der Waals surface area contributed by atoms with Gasteiger partial charge in [0, 0.05) is 11.4 Å². The molecule has 1 amide bonds. The molecule has 21 heavy (non-hydrogen) atoms. The molecule has 0 saturated heterocycles. The summed E-state index contributed by atoms with van der Waals surface area (Å²) >= 11 is 0. The van der Waals surface area contributed by atoms with E-state index in [9.17, 15) is 9.18 Å². The van der Waals surface area contributed by atoms with Crippen LogP contribution in [-0.4, -0.2) is 25.5 Å². The molecule has 0 aliphatic carbocycles. The molecule has 0 fully saturated rings. The quantitative estimate of drug-likeness (QED) is 0.783. The summed E-state index contributed by atoms with van der Waals surface area (Å²) in [5.74, 6) is -0.812. The minimum absolute atomic E-state index is 0.0561. The molecule has 7 heteroatoms. The zero-order valence-corrected chi connectivity index (χ0v) is 11.5. The van der Waals surface area contributed by atoms with Gasteiger partial charge < -0.3 is 5.32 Å². The number of hydrogen-bond donors (Lipinski definition) is 1. The van der Waals surface area contributed by atoms with Crippen molar-refractivity contribution in [3.05, 3.63) is 53.4 Å². The molecule has 6 nitrogen and oxygen atoms in total. The SMILES string of the molecule is Cc1cc(C)n2nc(C(=O)Nc3ccccc3F)nc2n1. The van der Waals surface area contributed by atoms with Gasteiger partial charge in [0.2, 0.25) is 5.82 Å². The Balaban J connectivity index is 1.95. The predicted molar refractivity (Wildman–Crippen MR) is 74.6 cm³/mol. The number of amides is 1. The van der Waals surface area contributed by atoms with Crippen LogP contribution in [0.5, 0.6) is 0 Å². The van der Waals surface area contributed by atoms with E-state index in [2.05, 4.69) is 20.4 Å². The van der Waals surface area contributed by atoms with Gasteiger partial charge in [-0.1, -0.05) is 12.1 Å². The third kappa shape index (κ3) is 2.45. The maximum absolute atomic E-state index is 13.5. The van der Waals surface area contributed by atoms with Crippen LogP contribution in [0.3, 0.4) is 0 Å². The first-order valence-corrected chi connectivity index (χ1v) is 6.31. The number of carbonyl (C=O) groups is 1. The first-order valence-electron chi connectivity index (χ1n) is 6.31. The van der Waals surface area contributed by atoms with E-state index in [-0.39, 0.29) is 11.5 Å². The molecule has 0 spiro atoms.